The standard InChI is InChI=1S/C11H12ClNO4/c1-7(14)13(12)10(11(16)17)6-8-2-4-9(15)5-3-8/h2-5,10,15H,6H2,1H3,(H,16,17). The predicted octanol–water partition coefficient (Wildman–Crippen LogP) is 1.39. The van der Waals surface area contributed by atoms with E-state index in [-0.39, 0.29) is 12.2 Å². The van der Waals surface area contributed by atoms with Crippen molar-refractivity contribution < 1.29 is 19.8 Å². The number of amides is 1. The number of aliphatic carboxylic acids is 1. The van der Waals surface area contributed by atoms with Crippen molar-refractivity contribution in [3.8, 4) is 5.75 Å². The van der Waals surface area contributed by atoms with Gasteiger partial charge in [0.2, 0.25) is 5.91 Å². The van der Waals surface area contributed by atoms with Crippen LogP contribution >= 0.6 is 11.8 Å². The molecule has 1 rings (SSSR count). The van der Waals surface area contributed by atoms with E-state index in [2.05, 4.69) is 0 Å². The van der Waals surface area contributed by atoms with Crippen molar-refractivity contribution in [2.75, 3.05) is 0 Å². The molecule has 1 aromatic rings. The lowest BCUT2D eigenvalue weighted by Crippen LogP contribution is -2.39. The van der Waals surface area contributed by atoms with Crippen molar-refractivity contribution in [1.29, 1.82) is 0 Å². The van der Waals surface area contributed by atoms with Gasteiger partial charge in [-0.3, -0.25) is 4.79 Å². The second-order valence-corrected chi connectivity index (χ2v) is 3.92. The Morgan fingerprint density at radius 1 is 1.35 bits per heavy atom. The largest absolute Gasteiger partial charge is 0.508 e. The third-order valence-electron chi connectivity index (χ3n) is 2.22. The first-order valence-electron chi connectivity index (χ1n) is 4.88. The number of benzene rings is 1. The van der Waals surface area contributed by atoms with Crippen LogP contribution in [0, 0.1) is 0 Å². The van der Waals surface area contributed by atoms with Crippen molar-refractivity contribution in [2.45, 2.75) is 19.4 Å². The van der Waals surface area contributed by atoms with Crippen LogP contribution in [0.4, 0.5) is 0 Å². The molecule has 2 N–H and O–H groups in total. The van der Waals surface area contributed by atoms with Crippen LogP contribution in [0.15, 0.2) is 24.3 Å². The third kappa shape index (κ3) is 3.64. The molecule has 1 amide bonds. The van der Waals surface area contributed by atoms with E-state index >= 15 is 0 Å². The van der Waals surface area contributed by atoms with Crippen molar-refractivity contribution in [3.63, 3.8) is 0 Å². The first-order chi connectivity index (χ1) is 7.91. The van der Waals surface area contributed by atoms with Crippen LogP contribution in [0.2, 0.25) is 0 Å². The van der Waals surface area contributed by atoms with Crippen LogP contribution in [0.25, 0.3) is 0 Å². The number of hydrogen-bond acceptors (Lipinski definition) is 3. The molecule has 0 heterocycles. The van der Waals surface area contributed by atoms with Crippen LogP contribution < -0.4 is 0 Å². The molecule has 92 valence electrons. The van der Waals surface area contributed by atoms with Gasteiger partial charge in [-0.15, -0.1) is 0 Å². The summed E-state index contributed by atoms with van der Waals surface area (Å²) in [7, 11) is 0. The maximum absolute atomic E-state index is 11.0. The summed E-state index contributed by atoms with van der Waals surface area (Å²) >= 11 is 5.61. The van der Waals surface area contributed by atoms with Gasteiger partial charge < -0.3 is 10.2 Å². The minimum absolute atomic E-state index is 0.0820. The van der Waals surface area contributed by atoms with E-state index in [4.69, 9.17) is 22.0 Å². The Morgan fingerprint density at radius 3 is 2.29 bits per heavy atom. The number of phenols is 1. The number of halogens is 1. The van der Waals surface area contributed by atoms with E-state index in [1.807, 2.05) is 0 Å². The summed E-state index contributed by atoms with van der Waals surface area (Å²) in [5.41, 5.74) is 0.669. The molecule has 17 heavy (non-hydrogen) atoms. The molecule has 0 aliphatic carbocycles. The Bertz CT molecular complexity index is 418. The first kappa shape index (κ1) is 13.3. The summed E-state index contributed by atoms with van der Waals surface area (Å²) in [6.07, 6.45) is 0.0820. The maximum Gasteiger partial charge on any atom is 0.328 e. The van der Waals surface area contributed by atoms with E-state index in [0.29, 0.717) is 9.98 Å². The van der Waals surface area contributed by atoms with Gasteiger partial charge in [0.25, 0.3) is 0 Å². The topological polar surface area (TPSA) is 77.8 Å². The van der Waals surface area contributed by atoms with Crippen LogP contribution in [0.3, 0.4) is 0 Å². The molecule has 0 radical (unpaired) electrons. The molecule has 1 aromatic carbocycles. The van der Waals surface area contributed by atoms with Gasteiger partial charge in [-0.1, -0.05) is 12.1 Å². The highest BCUT2D eigenvalue weighted by molar-refractivity contribution is 6.22. The minimum atomic E-state index is -1.18. The zero-order valence-corrected chi connectivity index (χ0v) is 9.89. The van der Waals surface area contributed by atoms with Gasteiger partial charge >= 0.3 is 5.97 Å². The molecular formula is C11H12ClNO4. The molecular weight excluding hydrogens is 246 g/mol. The zero-order chi connectivity index (χ0) is 13.0. The fourth-order valence-corrected chi connectivity index (χ4v) is 1.49. The molecule has 5 nitrogen and oxygen atoms in total. The number of rotatable bonds is 4. The SMILES string of the molecule is CC(=O)N(Cl)C(Cc1ccc(O)cc1)C(=O)O. The van der Waals surface area contributed by atoms with Crippen molar-refractivity contribution in [3.05, 3.63) is 29.8 Å². The van der Waals surface area contributed by atoms with E-state index in [0.717, 1.165) is 0 Å². The molecule has 0 saturated carbocycles. The Morgan fingerprint density at radius 2 is 1.88 bits per heavy atom. The molecule has 0 saturated heterocycles. The highest BCUT2D eigenvalue weighted by Gasteiger charge is 2.26. The zero-order valence-electron chi connectivity index (χ0n) is 9.13. The Labute approximate surface area is 103 Å². The quantitative estimate of drug-likeness (QED) is 0.799. The minimum Gasteiger partial charge on any atom is -0.508 e. The van der Waals surface area contributed by atoms with Crippen molar-refractivity contribution in [2.24, 2.45) is 0 Å². The lowest BCUT2D eigenvalue weighted by atomic mass is 10.1. The second-order valence-electron chi connectivity index (χ2n) is 3.55. The van der Waals surface area contributed by atoms with E-state index in [1.165, 1.54) is 19.1 Å². The number of aromatic hydroxyl groups is 1. The molecule has 0 aliphatic rings. The molecule has 6 heteroatoms. The summed E-state index contributed by atoms with van der Waals surface area (Å²) in [5, 5.41) is 18.1. The van der Waals surface area contributed by atoms with Gasteiger partial charge in [-0.25, -0.2) is 9.21 Å². The van der Waals surface area contributed by atoms with Crippen LogP contribution in [0.1, 0.15) is 12.5 Å². The normalized spacial score (nSPS) is 11.9. The number of carboxylic acid groups (broad SMARTS) is 1. The fraction of sp³-hybridized carbons (Fsp3) is 0.273. The van der Waals surface area contributed by atoms with Crippen molar-refractivity contribution >= 4 is 23.7 Å². The maximum atomic E-state index is 11.0. The lowest BCUT2D eigenvalue weighted by Gasteiger charge is -2.20. The molecule has 0 aliphatic heterocycles. The van der Waals surface area contributed by atoms with Gasteiger partial charge in [0.05, 0.1) is 0 Å². The summed E-state index contributed by atoms with van der Waals surface area (Å²) < 4.78 is 0.662. The second kappa shape index (κ2) is 5.54. The van der Waals surface area contributed by atoms with Gasteiger partial charge in [0, 0.05) is 25.1 Å². The Balaban J connectivity index is 2.84. The Kier molecular flexibility index (Phi) is 4.34. The highest BCUT2D eigenvalue weighted by Crippen LogP contribution is 2.15. The lowest BCUT2D eigenvalue weighted by molar-refractivity contribution is -0.145. The summed E-state index contributed by atoms with van der Waals surface area (Å²) in [5.74, 6) is -1.61. The Hall–Kier alpha value is -1.75. The molecule has 0 bridgehead atoms. The summed E-state index contributed by atoms with van der Waals surface area (Å²) in [4.78, 5) is 22.0. The van der Waals surface area contributed by atoms with Crippen LogP contribution in [-0.2, 0) is 16.0 Å². The van der Waals surface area contributed by atoms with E-state index < -0.39 is 17.9 Å². The predicted molar refractivity (Wildman–Crippen MR) is 61.6 cm³/mol. The number of carbonyl (C=O) groups excluding carboxylic acids is 1. The number of carboxylic acids is 1. The average molecular weight is 258 g/mol. The smallest absolute Gasteiger partial charge is 0.328 e. The van der Waals surface area contributed by atoms with Crippen LogP contribution in [-0.4, -0.2) is 32.6 Å². The van der Waals surface area contributed by atoms with Gasteiger partial charge in [-0.2, -0.15) is 0 Å². The highest BCUT2D eigenvalue weighted by atomic mass is 35.5. The number of nitrogens with zero attached hydrogens (tertiary/aromatic N) is 1. The number of carbonyl (C=O) groups is 2. The van der Waals surface area contributed by atoms with Crippen molar-refractivity contribution in [1.82, 2.24) is 4.42 Å². The first-order valence-corrected chi connectivity index (χ1v) is 5.22. The van der Waals surface area contributed by atoms with Gasteiger partial charge in [-0.05, 0) is 17.7 Å². The molecule has 0 spiro atoms. The molecule has 0 fully saturated rings. The molecule has 0 aromatic heterocycles. The van der Waals surface area contributed by atoms with Crippen LogP contribution in [0.5, 0.6) is 5.75 Å². The van der Waals surface area contributed by atoms with E-state index in [1.54, 1.807) is 12.1 Å². The fourth-order valence-electron chi connectivity index (χ4n) is 1.34. The number of phenolic OH excluding ortho intramolecular Hbond substituents is 1. The number of hydrogen-bond donors (Lipinski definition) is 2. The summed E-state index contributed by atoms with van der Waals surface area (Å²) in [6.45, 7) is 1.19. The average Bonchev–Trinajstić information content (AvgIpc) is 2.26. The molecule has 1 unspecified atom stereocenters. The van der Waals surface area contributed by atoms with Gasteiger partial charge in [0.15, 0.2) is 0 Å². The third-order valence-corrected chi connectivity index (χ3v) is 2.70. The molecule has 1 atom stereocenters. The summed E-state index contributed by atoms with van der Waals surface area (Å²) in [6, 6.07) is 4.92. The van der Waals surface area contributed by atoms with Gasteiger partial charge in [0.1, 0.15) is 11.8 Å². The monoisotopic (exact) mass is 257 g/mol. The van der Waals surface area contributed by atoms with E-state index in [9.17, 15) is 9.59 Å².